The number of benzene rings is 3. The van der Waals surface area contributed by atoms with Crippen molar-refractivity contribution in [3.8, 4) is 6.07 Å². The summed E-state index contributed by atoms with van der Waals surface area (Å²) < 4.78 is 29.4. The van der Waals surface area contributed by atoms with Crippen LogP contribution in [0.4, 0.5) is 5.69 Å². The van der Waals surface area contributed by atoms with Crippen LogP contribution in [0.25, 0.3) is 11.0 Å². The number of rotatable bonds is 8. The highest BCUT2D eigenvalue weighted by atomic mass is 32.2. The molecule has 2 aliphatic heterocycles. The summed E-state index contributed by atoms with van der Waals surface area (Å²) in [4.78, 5) is 20.5. The van der Waals surface area contributed by atoms with Crippen LogP contribution in [0.1, 0.15) is 40.1 Å². The summed E-state index contributed by atoms with van der Waals surface area (Å²) in [5, 5.41) is 13.1. The van der Waals surface area contributed by atoms with Gasteiger partial charge in [-0.3, -0.25) is 14.6 Å². The van der Waals surface area contributed by atoms with Gasteiger partial charge in [0.05, 0.1) is 16.5 Å². The number of nitrogens with one attached hydrogen (secondary N) is 1. The van der Waals surface area contributed by atoms with E-state index in [4.69, 9.17) is 9.68 Å². The first-order chi connectivity index (χ1) is 21.2. The van der Waals surface area contributed by atoms with Gasteiger partial charge in [-0.15, -0.1) is 0 Å². The second-order valence-corrected chi connectivity index (χ2v) is 13.9. The van der Waals surface area contributed by atoms with Gasteiger partial charge in [-0.25, -0.2) is 8.42 Å². The standard InChI is InChI=1S/C34H37N5O4S/c1-44(41,42)31-9-6-27(7-10-31)24-38-16-18-39(19-17-38)30-8-11-32-28(20-30)21-33(43-32)34(40)36-29-12-14-37(15-13-29)23-26-4-2-25(22-35)3-5-26/h2-11,20-21,29H,12-19,23-24H2,1H3,(H,36,40). The molecule has 2 fully saturated rings. The van der Waals surface area contributed by atoms with E-state index in [1.54, 1.807) is 12.1 Å². The van der Waals surface area contributed by atoms with E-state index >= 15 is 0 Å². The Morgan fingerprint density at radius 3 is 2.09 bits per heavy atom. The number of anilines is 1. The number of likely N-dealkylation sites (tertiary alicyclic amines) is 1. The van der Waals surface area contributed by atoms with Gasteiger partial charge >= 0.3 is 0 Å². The van der Waals surface area contributed by atoms with Gasteiger partial charge < -0.3 is 14.6 Å². The fourth-order valence-corrected chi connectivity index (χ4v) is 6.67. The Bertz CT molecular complexity index is 1760. The lowest BCUT2D eigenvalue weighted by Gasteiger charge is -2.36. The molecule has 10 heteroatoms. The number of hydrogen-bond donors (Lipinski definition) is 1. The number of hydrogen-bond acceptors (Lipinski definition) is 8. The zero-order valence-electron chi connectivity index (χ0n) is 24.9. The van der Waals surface area contributed by atoms with Crippen molar-refractivity contribution in [1.29, 1.82) is 5.26 Å². The minimum atomic E-state index is -3.19. The molecule has 0 atom stereocenters. The van der Waals surface area contributed by atoms with E-state index in [1.807, 2.05) is 48.5 Å². The van der Waals surface area contributed by atoms with Crippen LogP contribution < -0.4 is 10.2 Å². The topological polar surface area (TPSA) is 110 Å². The van der Waals surface area contributed by atoms with E-state index in [0.717, 1.165) is 81.8 Å². The number of amides is 1. The normalized spacial score (nSPS) is 17.0. The van der Waals surface area contributed by atoms with Gasteiger partial charge in [0.25, 0.3) is 5.91 Å². The van der Waals surface area contributed by atoms with Crippen molar-refractivity contribution >= 4 is 32.4 Å². The number of fused-ring (bicyclic) bond motifs is 1. The molecule has 0 saturated carbocycles. The number of carbonyl (C=O) groups is 1. The van der Waals surface area contributed by atoms with Crippen LogP contribution in [-0.2, 0) is 22.9 Å². The molecule has 0 unspecified atom stereocenters. The second-order valence-electron chi connectivity index (χ2n) is 11.8. The van der Waals surface area contributed by atoms with E-state index in [0.29, 0.717) is 21.8 Å². The summed E-state index contributed by atoms with van der Waals surface area (Å²) >= 11 is 0. The van der Waals surface area contributed by atoms with Crippen molar-refractivity contribution in [3.05, 3.63) is 95.2 Å². The zero-order valence-corrected chi connectivity index (χ0v) is 25.7. The third kappa shape index (κ3) is 7.13. The Kier molecular flexibility index (Phi) is 8.71. The third-order valence-electron chi connectivity index (χ3n) is 8.63. The lowest BCUT2D eigenvalue weighted by atomic mass is 10.0. The van der Waals surface area contributed by atoms with Crippen molar-refractivity contribution < 1.29 is 17.6 Å². The molecule has 0 spiro atoms. The summed E-state index contributed by atoms with van der Waals surface area (Å²) in [6.45, 7) is 6.98. The number of carbonyl (C=O) groups excluding carboxylic acids is 1. The molecule has 3 heterocycles. The minimum Gasteiger partial charge on any atom is -0.451 e. The Morgan fingerprint density at radius 1 is 0.864 bits per heavy atom. The van der Waals surface area contributed by atoms with E-state index < -0.39 is 9.84 Å². The highest BCUT2D eigenvalue weighted by molar-refractivity contribution is 7.90. The lowest BCUT2D eigenvalue weighted by molar-refractivity contribution is 0.0883. The number of sulfone groups is 1. The van der Waals surface area contributed by atoms with Gasteiger partial charge in [0.15, 0.2) is 15.6 Å². The van der Waals surface area contributed by atoms with E-state index in [9.17, 15) is 13.2 Å². The predicted molar refractivity (Wildman–Crippen MR) is 170 cm³/mol. The molecular weight excluding hydrogens is 574 g/mol. The van der Waals surface area contributed by atoms with E-state index in [1.165, 1.54) is 11.8 Å². The molecular formula is C34H37N5O4S. The zero-order chi connectivity index (χ0) is 30.7. The van der Waals surface area contributed by atoms with Gasteiger partial charge in [0.2, 0.25) is 0 Å². The summed E-state index contributed by atoms with van der Waals surface area (Å²) in [6.07, 6.45) is 2.99. The molecule has 228 valence electrons. The Morgan fingerprint density at radius 2 is 1.48 bits per heavy atom. The van der Waals surface area contributed by atoms with Gasteiger partial charge in [0.1, 0.15) is 5.58 Å². The predicted octanol–water partition coefficient (Wildman–Crippen LogP) is 4.42. The Balaban J connectivity index is 0.989. The van der Waals surface area contributed by atoms with Crippen LogP contribution in [0.3, 0.4) is 0 Å². The summed E-state index contributed by atoms with van der Waals surface area (Å²) in [7, 11) is -3.19. The van der Waals surface area contributed by atoms with Crippen molar-refractivity contribution in [1.82, 2.24) is 15.1 Å². The molecule has 2 saturated heterocycles. The molecule has 6 rings (SSSR count). The molecule has 3 aromatic carbocycles. The number of nitriles is 1. The van der Waals surface area contributed by atoms with Crippen LogP contribution in [0.2, 0.25) is 0 Å². The fourth-order valence-electron chi connectivity index (χ4n) is 6.04. The highest BCUT2D eigenvalue weighted by Crippen LogP contribution is 2.27. The SMILES string of the molecule is CS(=O)(=O)c1ccc(CN2CCN(c3ccc4oc(C(=O)NC5CCN(Cc6ccc(C#N)cc6)CC5)cc4c3)CC2)cc1. The molecule has 0 radical (unpaired) electrons. The molecule has 0 bridgehead atoms. The molecule has 9 nitrogen and oxygen atoms in total. The van der Waals surface area contributed by atoms with Crippen molar-refractivity contribution in [3.63, 3.8) is 0 Å². The fraction of sp³-hybridized carbons (Fsp3) is 0.353. The maximum absolute atomic E-state index is 13.1. The first kappa shape index (κ1) is 29.9. The average Bonchev–Trinajstić information content (AvgIpc) is 3.47. The maximum Gasteiger partial charge on any atom is 0.287 e. The molecule has 0 aliphatic carbocycles. The monoisotopic (exact) mass is 611 g/mol. The second kappa shape index (κ2) is 12.8. The van der Waals surface area contributed by atoms with Crippen molar-refractivity contribution in [2.24, 2.45) is 0 Å². The van der Waals surface area contributed by atoms with Gasteiger partial charge in [0, 0.05) is 75.7 Å². The Labute approximate surface area is 258 Å². The quantitative estimate of drug-likeness (QED) is 0.312. The largest absolute Gasteiger partial charge is 0.451 e. The minimum absolute atomic E-state index is 0.109. The number of furan rings is 1. The molecule has 1 N–H and O–H groups in total. The van der Waals surface area contributed by atoms with Gasteiger partial charge in [-0.05, 0) is 72.5 Å². The van der Waals surface area contributed by atoms with Crippen LogP contribution in [0.15, 0.2) is 82.1 Å². The molecule has 2 aliphatic rings. The van der Waals surface area contributed by atoms with Crippen LogP contribution >= 0.6 is 0 Å². The highest BCUT2D eigenvalue weighted by Gasteiger charge is 2.24. The maximum atomic E-state index is 13.1. The first-order valence-corrected chi connectivity index (χ1v) is 16.9. The smallest absolute Gasteiger partial charge is 0.287 e. The molecule has 1 aromatic heterocycles. The first-order valence-electron chi connectivity index (χ1n) is 15.1. The van der Waals surface area contributed by atoms with Crippen molar-refractivity contribution in [2.45, 2.75) is 36.9 Å². The third-order valence-corrected chi connectivity index (χ3v) is 9.76. The van der Waals surface area contributed by atoms with Crippen LogP contribution in [0.5, 0.6) is 0 Å². The number of piperazine rings is 1. The molecule has 4 aromatic rings. The van der Waals surface area contributed by atoms with Crippen LogP contribution in [-0.4, -0.2) is 75.7 Å². The number of nitrogens with zero attached hydrogens (tertiary/aromatic N) is 4. The van der Waals surface area contributed by atoms with Gasteiger partial charge in [-0.2, -0.15) is 5.26 Å². The summed E-state index contributed by atoms with van der Waals surface area (Å²) in [5.74, 6) is 0.162. The average molecular weight is 612 g/mol. The molecule has 44 heavy (non-hydrogen) atoms. The van der Waals surface area contributed by atoms with Crippen LogP contribution in [0, 0.1) is 11.3 Å². The van der Waals surface area contributed by atoms with Gasteiger partial charge in [-0.1, -0.05) is 24.3 Å². The number of piperidine rings is 1. The summed E-state index contributed by atoms with van der Waals surface area (Å²) in [6, 6.07) is 25.1. The molecule has 1 amide bonds. The van der Waals surface area contributed by atoms with E-state index in [2.05, 4.69) is 38.2 Å². The van der Waals surface area contributed by atoms with E-state index in [-0.39, 0.29) is 11.9 Å². The Hall–Kier alpha value is -4.17. The van der Waals surface area contributed by atoms with Crippen molar-refractivity contribution in [2.75, 3.05) is 50.4 Å². The lowest BCUT2D eigenvalue weighted by Crippen LogP contribution is -2.45. The summed E-state index contributed by atoms with van der Waals surface area (Å²) in [5.41, 5.74) is 4.77.